The van der Waals surface area contributed by atoms with Crippen LogP contribution < -0.4 is 5.32 Å². The lowest BCUT2D eigenvalue weighted by atomic mass is 10.2. The highest BCUT2D eigenvalue weighted by atomic mass is 16.3. The van der Waals surface area contributed by atoms with Crippen molar-refractivity contribution in [2.45, 2.75) is 12.6 Å². The van der Waals surface area contributed by atoms with E-state index >= 15 is 0 Å². The number of nitrogens with one attached hydrogen (secondary N) is 1. The number of hydrogen-bond acceptors (Lipinski definition) is 5. The molecule has 22 heavy (non-hydrogen) atoms. The maximum atomic E-state index is 11.8. The molecule has 1 atom stereocenters. The monoisotopic (exact) mass is 299 g/mol. The smallest absolute Gasteiger partial charge is 0.287 e. The minimum Gasteiger partial charge on any atom is -0.464 e. The van der Waals surface area contributed by atoms with E-state index in [0.29, 0.717) is 13.1 Å². The van der Waals surface area contributed by atoms with Crippen LogP contribution in [-0.4, -0.2) is 34.2 Å². The van der Waals surface area contributed by atoms with Crippen LogP contribution in [0.2, 0.25) is 0 Å². The molecule has 2 aromatic heterocycles. The van der Waals surface area contributed by atoms with Crippen molar-refractivity contribution in [3.63, 3.8) is 0 Å². The fourth-order valence-electron chi connectivity index (χ4n) is 1.96. The van der Waals surface area contributed by atoms with Crippen LogP contribution in [0.15, 0.2) is 57.6 Å². The van der Waals surface area contributed by atoms with E-state index in [1.165, 1.54) is 12.2 Å². The van der Waals surface area contributed by atoms with Crippen LogP contribution in [0.5, 0.6) is 0 Å². The zero-order chi connectivity index (χ0) is 15.4. The maximum Gasteiger partial charge on any atom is 0.287 e. The third kappa shape index (κ3) is 3.17. The molecule has 3 heterocycles. The molecule has 0 saturated carbocycles. The number of amides is 2. The highest BCUT2D eigenvalue weighted by Gasteiger charge is 2.17. The highest BCUT2D eigenvalue weighted by molar-refractivity contribution is 5.92. The molecule has 0 spiro atoms. The van der Waals surface area contributed by atoms with Gasteiger partial charge in [0, 0.05) is 18.8 Å². The molecule has 1 aliphatic rings. The van der Waals surface area contributed by atoms with E-state index < -0.39 is 11.9 Å². The number of carbonyl (C=O) groups excluding carboxylic acids is 2. The zero-order valence-electron chi connectivity index (χ0n) is 11.5. The number of azo groups is 1. The first-order valence-corrected chi connectivity index (χ1v) is 6.69. The predicted molar refractivity (Wildman–Crippen MR) is 75.7 cm³/mol. The standard InChI is InChI=1S/C14H13N5O3/c20-13-4-3-11(17-18-13)14(21)15-5-6-19-9-10(8-16-19)12-2-1-7-22-12/h1-4,7-9,11H,5-6H2,(H,15,21). The van der Waals surface area contributed by atoms with Gasteiger partial charge >= 0.3 is 0 Å². The van der Waals surface area contributed by atoms with Gasteiger partial charge in [0.25, 0.3) is 11.8 Å². The van der Waals surface area contributed by atoms with Crippen LogP contribution >= 0.6 is 0 Å². The first-order chi connectivity index (χ1) is 10.7. The van der Waals surface area contributed by atoms with E-state index in [0.717, 1.165) is 11.3 Å². The molecule has 0 saturated heterocycles. The molecule has 2 amide bonds. The Kier molecular flexibility index (Phi) is 3.90. The zero-order valence-corrected chi connectivity index (χ0v) is 11.5. The molecule has 8 heteroatoms. The fraction of sp³-hybridized carbons (Fsp3) is 0.214. The summed E-state index contributed by atoms with van der Waals surface area (Å²) < 4.78 is 6.99. The molecule has 3 rings (SSSR count). The van der Waals surface area contributed by atoms with Crippen molar-refractivity contribution in [1.29, 1.82) is 0 Å². The molecule has 112 valence electrons. The molecular formula is C14H13N5O3. The van der Waals surface area contributed by atoms with Gasteiger partial charge in [0.1, 0.15) is 5.76 Å². The molecule has 0 fully saturated rings. The summed E-state index contributed by atoms with van der Waals surface area (Å²) in [7, 11) is 0. The second-order valence-corrected chi connectivity index (χ2v) is 4.62. The van der Waals surface area contributed by atoms with Gasteiger partial charge in [-0.1, -0.05) is 0 Å². The van der Waals surface area contributed by atoms with Gasteiger partial charge in [-0.3, -0.25) is 14.3 Å². The topological polar surface area (TPSA) is 102 Å². The number of hydrogen-bond donors (Lipinski definition) is 1. The Hall–Kier alpha value is -3.03. The van der Waals surface area contributed by atoms with Crippen LogP contribution in [0.25, 0.3) is 11.3 Å². The SMILES string of the molecule is O=C1C=CC(C(=O)NCCn2cc(-c3ccco3)cn2)N=N1. The van der Waals surface area contributed by atoms with E-state index in [-0.39, 0.29) is 5.91 Å². The first-order valence-electron chi connectivity index (χ1n) is 6.69. The van der Waals surface area contributed by atoms with Gasteiger partial charge in [-0.15, -0.1) is 5.11 Å². The Bertz CT molecular complexity index is 714. The lowest BCUT2D eigenvalue weighted by Gasteiger charge is -2.09. The fourth-order valence-corrected chi connectivity index (χ4v) is 1.96. The second-order valence-electron chi connectivity index (χ2n) is 4.62. The van der Waals surface area contributed by atoms with Crippen LogP contribution in [0, 0.1) is 0 Å². The first kappa shape index (κ1) is 13.9. The average molecular weight is 299 g/mol. The van der Waals surface area contributed by atoms with Crippen LogP contribution in [-0.2, 0) is 16.1 Å². The van der Waals surface area contributed by atoms with E-state index in [1.54, 1.807) is 17.1 Å². The van der Waals surface area contributed by atoms with Crippen molar-refractivity contribution in [1.82, 2.24) is 15.1 Å². The molecule has 0 aliphatic carbocycles. The third-order valence-corrected chi connectivity index (χ3v) is 3.05. The van der Waals surface area contributed by atoms with Crippen LogP contribution in [0.3, 0.4) is 0 Å². The van der Waals surface area contributed by atoms with E-state index in [2.05, 4.69) is 20.6 Å². The lowest BCUT2D eigenvalue weighted by Crippen LogP contribution is -2.35. The Balaban J connectivity index is 1.49. The average Bonchev–Trinajstić information content (AvgIpc) is 3.19. The van der Waals surface area contributed by atoms with E-state index in [1.807, 2.05) is 18.3 Å². The molecule has 8 nitrogen and oxygen atoms in total. The number of furan rings is 1. The highest BCUT2D eigenvalue weighted by Crippen LogP contribution is 2.18. The van der Waals surface area contributed by atoms with Gasteiger partial charge in [-0.2, -0.15) is 10.2 Å². The van der Waals surface area contributed by atoms with Crippen molar-refractivity contribution in [3.05, 3.63) is 42.9 Å². The minimum absolute atomic E-state index is 0.300. The normalized spacial score (nSPS) is 16.9. The number of nitrogens with zero attached hydrogens (tertiary/aromatic N) is 4. The predicted octanol–water partition coefficient (Wildman–Crippen LogP) is 1.18. The quantitative estimate of drug-likeness (QED) is 0.895. The number of rotatable bonds is 5. The van der Waals surface area contributed by atoms with Gasteiger partial charge in [0.2, 0.25) is 0 Å². The summed E-state index contributed by atoms with van der Waals surface area (Å²) in [5, 5.41) is 13.9. The summed E-state index contributed by atoms with van der Waals surface area (Å²) in [5.41, 5.74) is 0.874. The Morgan fingerprint density at radius 3 is 3.09 bits per heavy atom. The van der Waals surface area contributed by atoms with Crippen molar-refractivity contribution in [2.24, 2.45) is 10.2 Å². The van der Waals surface area contributed by atoms with Crippen LogP contribution in [0.1, 0.15) is 0 Å². The summed E-state index contributed by atoms with van der Waals surface area (Å²) in [6, 6.07) is 2.92. The molecule has 0 bridgehead atoms. The lowest BCUT2D eigenvalue weighted by molar-refractivity contribution is -0.121. The van der Waals surface area contributed by atoms with Crippen molar-refractivity contribution >= 4 is 11.8 Å². The minimum atomic E-state index is -0.742. The van der Waals surface area contributed by atoms with Gasteiger partial charge in [0.15, 0.2) is 6.04 Å². The van der Waals surface area contributed by atoms with Crippen molar-refractivity contribution in [3.8, 4) is 11.3 Å². The molecule has 1 aliphatic heterocycles. The summed E-state index contributed by atoms with van der Waals surface area (Å²) >= 11 is 0. The molecule has 1 N–H and O–H groups in total. The molecular weight excluding hydrogens is 286 g/mol. The van der Waals surface area contributed by atoms with Crippen LogP contribution in [0.4, 0.5) is 0 Å². The number of carbonyl (C=O) groups is 2. The van der Waals surface area contributed by atoms with Gasteiger partial charge in [0.05, 0.1) is 24.6 Å². The Morgan fingerprint density at radius 1 is 1.45 bits per heavy atom. The molecule has 2 aromatic rings. The number of aromatic nitrogens is 2. The molecule has 0 aromatic carbocycles. The van der Waals surface area contributed by atoms with Gasteiger partial charge in [-0.05, 0) is 18.2 Å². The Labute approximate surface area is 125 Å². The molecule has 0 radical (unpaired) electrons. The summed E-state index contributed by atoms with van der Waals surface area (Å²) in [6.07, 6.45) is 7.80. The largest absolute Gasteiger partial charge is 0.464 e. The second kappa shape index (κ2) is 6.17. The van der Waals surface area contributed by atoms with Crippen molar-refractivity contribution in [2.75, 3.05) is 6.54 Å². The maximum absolute atomic E-state index is 11.8. The summed E-state index contributed by atoms with van der Waals surface area (Å²) in [5.74, 6) is -0.00957. The van der Waals surface area contributed by atoms with Crippen molar-refractivity contribution < 1.29 is 14.0 Å². The molecule has 1 unspecified atom stereocenters. The van der Waals surface area contributed by atoms with Gasteiger partial charge < -0.3 is 9.73 Å². The summed E-state index contributed by atoms with van der Waals surface area (Å²) in [6.45, 7) is 0.908. The van der Waals surface area contributed by atoms with Gasteiger partial charge in [-0.25, -0.2) is 0 Å². The summed E-state index contributed by atoms with van der Waals surface area (Å²) in [4.78, 5) is 22.6. The Morgan fingerprint density at radius 2 is 2.36 bits per heavy atom. The van der Waals surface area contributed by atoms with E-state index in [4.69, 9.17) is 4.42 Å². The third-order valence-electron chi connectivity index (χ3n) is 3.05. The van der Waals surface area contributed by atoms with E-state index in [9.17, 15) is 9.59 Å².